The number of nitrogens with zero attached hydrogens (tertiary/aromatic N) is 3. The van der Waals surface area contributed by atoms with Crippen LogP contribution in [0.4, 0.5) is 10.1 Å². The molecule has 2 aromatic heterocycles. The lowest BCUT2D eigenvalue weighted by molar-refractivity contribution is -0.117. The molecule has 5 nitrogen and oxygen atoms in total. The molecule has 0 N–H and O–H groups in total. The molecule has 1 amide bonds. The van der Waals surface area contributed by atoms with Gasteiger partial charge in [0.05, 0.1) is 6.42 Å². The zero-order valence-electron chi connectivity index (χ0n) is 15.9. The summed E-state index contributed by atoms with van der Waals surface area (Å²) >= 11 is 0. The van der Waals surface area contributed by atoms with Gasteiger partial charge in [0.1, 0.15) is 5.82 Å². The molecule has 0 fully saturated rings. The molecule has 4 rings (SSSR count). The average Bonchev–Trinajstić information content (AvgIpc) is 2.95. The standard InChI is InChI=1S/C22H20FN3O2/c1-13(2)26-12-15(5-7-20(26)27)18-11-24-10-17(22(18)23)14-4-6-19-16(8-14)9-21(28)25(19)3/h4-8,10-13H,9H2,1-3H3. The van der Waals surface area contributed by atoms with Crippen LogP contribution in [0.15, 0.2) is 53.7 Å². The lowest BCUT2D eigenvalue weighted by Gasteiger charge is -2.14. The molecule has 0 saturated heterocycles. The predicted octanol–water partition coefficient (Wildman–Crippen LogP) is 3.82. The molecular weight excluding hydrogens is 357 g/mol. The first kappa shape index (κ1) is 18.1. The van der Waals surface area contributed by atoms with Gasteiger partial charge in [-0.2, -0.15) is 0 Å². The van der Waals surface area contributed by atoms with E-state index in [1.165, 1.54) is 18.5 Å². The van der Waals surface area contributed by atoms with Crippen LogP contribution in [0.2, 0.25) is 0 Å². The summed E-state index contributed by atoms with van der Waals surface area (Å²) < 4.78 is 16.9. The Kier molecular flexibility index (Phi) is 4.34. The van der Waals surface area contributed by atoms with Gasteiger partial charge in [0.2, 0.25) is 5.91 Å². The summed E-state index contributed by atoms with van der Waals surface area (Å²) in [5, 5.41) is 0. The monoisotopic (exact) mass is 377 g/mol. The number of benzene rings is 1. The SMILES string of the molecule is CC(C)n1cc(-c2cncc(-c3ccc4c(c3)CC(=O)N4C)c2F)ccc1=O. The molecule has 3 aromatic rings. The second kappa shape index (κ2) is 6.71. The van der Waals surface area contributed by atoms with Crippen LogP contribution >= 0.6 is 0 Å². The molecular formula is C22H20FN3O2. The Morgan fingerprint density at radius 2 is 1.71 bits per heavy atom. The van der Waals surface area contributed by atoms with Crippen molar-refractivity contribution in [2.45, 2.75) is 26.3 Å². The average molecular weight is 377 g/mol. The van der Waals surface area contributed by atoms with Gasteiger partial charge in [-0.3, -0.25) is 14.6 Å². The molecule has 1 aliphatic rings. The predicted molar refractivity (Wildman–Crippen MR) is 107 cm³/mol. The van der Waals surface area contributed by atoms with Gasteiger partial charge in [-0.1, -0.05) is 6.07 Å². The van der Waals surface area contributed by atoms with Gasteiger partial charge in [-0.25, -0.2) is 4.39 Å². The van der Waals surface area contributed by atoms with Crippen molar-refractivity contribution in [1.29, 1.82) is 0 Å². The van der Waals surface area contributed by atoms with Crippen molar-refractivity contribution in [3.8, 4) is 22.3 Å². The van der Waals surface area contributed by atoms with Gasteiger partial charge in [0, 0.05) is 60.1 Å². The quantitative estimate of drug-likeness (QED) is 0.697. The number of carbonyl (C=O) groups excluding carboxylic acids is 1. The van der Waals surface area contributed by atoms with Gasteiger partial charge < -0.3 is 9.47 Å². The lowest BCUT2D eigenvalue weighted by Crippen LogP contribution is -2.20. The van der Waals surface area contributed by atoms with Crippen molar-refractivity contribution in [1.82, 2.24) is 9.55 Å². The molecule has 0 spiro atoms. The Bertz CT molecular complexity index is 1150. The fourth-order valence-electron chi connectivity index (χ4n) is 3.55. The van der Waals surface area contributed by atoms with Crippen LogP contribution in [0.3, 0.4) is 0 Å². The first-order chi connectivity index (χ1) is 13.4. The van der Waals surface area contributed by atoms with E-state index in [1.807, 2.05) is 26.0 Å². The number of anilines is 1. The van der Waals surface area contributed by atoms with Gasteiger partial charge in [0.15, 0.2) is 0 Å². The van der Waals surface area contributed by atoms with Crippen LogP contribution in [-0.2, 0) is 11.2 Å². The largest absolute Gasteiger partial charge is 0.315 e. The maximum absolute atomic E-state index is 15.4. The highest BCUT2D eigenvalue weighted by atomic mass is 19.1. The summed E-state index contributed by atoms with van der Waals surface area (Å²) in [6, 6.07) is 8.50. The number of halogens is 1. The Balaban J connectivity index is 1.81. The summed E-state index contributed by atoms with van der Waals surface area (Å²) in [4.78, 5) is 29.7. The van der Waals surface area contributed by atoms with Crippen LogP contribution in [-0.4, -0.2) is 22.5 Å². The molecule has 142 valence electrons. The van der Waals surface area contributed by atoms with Crippen molar-refractivity contribution < 1.29 is 9.18 Å². The van der Waals surface area contributed by atoms with E-state index < -0.39 is 5.82 Å². The van der Waals surface area contributed by atoms with Crippen molar-refractivity contribution in [3.05, 3.63) is 70.7 Å². The molecule has 1 aromatic carbocycles. The molecule has 0 bridgehead atoms. The van der Waals surface area contributed by atoms with Crippen molar-refractivity contribution >= 4 is 11.6 Å². The fraction of sp³-hybridized carbons (Fsp3) is 0.227. The van der Waals surface area contributed by atoms with E-state index >= 15 is 4.39 Å². The van der Waals surface area contributed by atoms with E-state index in [4.69, 9.17) is 0 Å². The van der Waals surface area contributed by atoms with Crippen LogP contribution in [0.25, 0.3) is 22.3 Å². The second-order valence-corrected chi connectivity index (χ2v) is 7.28. The number of aromatic nitrogens is 2. The molecule has 0 aliphatic carbocycles. The summed E-state index contributed by atoms with van der Waals surface area (Å²) in [6.07, 6.45) is 4.93. The number of carbonyl (C=O) groups is 1. The molecule has 3 heterocycles. The van der Waals surface area contributed by atoms with E-state index in [0.717, 1.165) is 11.3 Å². The summed E-state index contributed by atoms with van der Waals surface area (Å²) in [6.45, 7) is 3.80. The number of fused-ring (bicyclic) bond motifs is 1. The van der Waals surface area contributed by atoms with Gasteiger partial charge >= 0.3 is 0 Å². The molecule has 6 heteroatoms. The highest BCUT2D eigenvalue weighted by Crippen LogP contribution is 2.35. The summed E-state index contributed by atoms with van der Waals surface area (Å²) in [7, 11) is 1.74. The maximum atomic E-state index is 15.4. The Morgan fingerprint density at radius 1 is 1.04 bits per heavy atom. The molecule has 0 unspecified atom stereocenters. The Hall–Kier alpha value is -3.28. The highest BCUT2D eigenvalue weighted by molar-refractivity contribution is 6.01. The molecule has 0 saturated carbocycles. The number of likely N-dealkylation sites (N-methyl/N-ethyl adjacent to an activating group) is 1. The van der Waals surface area contributed by atoms with E-state index in [0.29, 0.717) is 28.7 Å². The van der Waals surface area contributed by atoms with Crippen LogP contribution < -0.4 is 10.5 Å². The minimum atomic E-state index is -0.401. The number of amides is 1. The van der Waals surface area contributed by atoms with Crippen LogP contribution in [0.1, 0.15) is 25.5 Å². The number of hydrogen-bond acceptors (Lipinski definition) is 3. The third-order valence-electron chi connectivity index (χ3n) is 5.15. The first-order valence-electron chi connectivity index (χ1n) is 9.12. The van der Waals surface area contributed by atoms with E-state index in [9.17, 15) is 9.59 Å². The van der Waals surface area contributed by atoms with E-state index in [2.05, 4.69) is 4.98 Å². The Morgan fingerprint density at radius 3 is 2.43 bits per heavy atom. The van der Waals surface area contributed by atoms with Gasteiger partial charge in [-0.05, 0) is 43.2 Å². The fourth-order valence-corrected chi connectivity index (χ4v) is 3.55. The first-order valence-corrected chi connectivity index (χ1v) is 9.12. The molecule has 28 heavy (non-hydrogen) atoms. The van der Waals surface area contributed by atoms with E-state index in [-0.39, 0.29) is 17.5 Å². The van der Waals surface area contributed by atoms with Gasteiger partial charge in [0.25, 0.3) is 5.56 Å². The van der Waals surface area contributed by atoms with E-state index in [1.54, 1.807) is 34.8 Å². The minimum Gasteiger partial charge on any atom is -0.315 e. The highest BCUT2D eigenvalue weighted by Gasteiger charge is 2.24. The topological polar surface area (TPSA) is 55.2 Å². The molecule has 0 radical (unpaired) electrons. The molecule has 1 aliphatic heterocycles. The maximum Gasteiger partial charge on any atom is 0.250 e. The zero-order chi connectivity index (χ0) is 20.0. The number of hydrogen-bond donors (Lipinski definition) is 0. The third kappa shape index (κ3) is 2.91. The van der Waals surface area contributed by atoms with Crippen LogP contribution in [0, 0.1) is 5.82 Å². The molecule has 0 atom stereocenters. The summed E-state index contributed by atoms with van der Waals surface area (Å²) in [5.41, 5.74) is 3.56. The normalized spacial score (nSPS) is 13.3. The number of rotatable bonds is 3. The van der Waals surface area contributed by atoms with Crippen molar-refractivity contribution in [2.24, 2.45) is 0 Å². The second-order valence-electron chi connectivity index (χ2n) is 7.28. The lowest BCUT2D eigenvalue weighted by atomic mass is 9.99. The summed E-state index contributed by atoms with van der Waals surface area (Å²) in [5.74, 6) is -0.378. The van der Waals surface area contributed by atoms with Crippen molar-refractivity contribution in [3.63, 3.8) is 0 Å². The van der Waals surface area contributed by atoms with Crippen molar-refractivity contribution in [2.75, 3.05) is 11.9 Å². The zero-order valence-corrected chi connectivity index (χ0v) is 15.9. The number of pyridine rings is 2. The third-order valence-corrected chi connectivity index (χ3v) is 5.15. The van der Waals surface area contributed by atoms with Crippen LogP contribution in [0.5, 0.6) is 0 Å². The van der Waals surface area contributed by atoms with Gasteiger partial charge in [-0.15, -0.1) is 0 Å². The smallest absolute Gasteiger partial charge is 0.250 e. The Labute approximate surface area is 162 Å². The minimum absolute atomic E-state index is 0.0236.